The van der Waals surface area contributed by atoms with Crippen molar-refractivity contribution in [3.05, 3.63) is 30.1 Å². The van der Waals surface area contributed by atoms with Crippen molar-refractivity contribution in [2.24, 2.45) is 10.9 Å². The minimum atomic E-state index is -0.277. The molecule has 1 aromatic rings. The van der Waals surface area contributed by atoms with Crippen LogP contribution in [0.2, 0.25) is 0 Å². The van der Waals surface area contributed by atoms with Gasteiger partial charge in [-0.1, -0.05) is 6.42 Å². The third-order valence-corrected chi connectivity index (χ3v) is 4.15. The van der Waals surface area contributed by atoms with Crippen LogP contribution in [-0.4, -0.2) is 42.9 Å². The van der Waals surface area contributed by atoms with Crippen LogP contribution in [0.15, 0.2) is 29.3 Å². The van der Waals surface area contributed by atoms with Crippen molar-refractivity contribution >= 4 is 5.96 Å². The van der Waals surface area contributed by atoms with Crippen LogP contribution in [0.3, 0.4) is 0 Å². The molecule has 0 aliphatic heterocycles. The van der Waals surface area contributed by atoms with E-state index >= 15 is 0 Å². The number of hydrogen-bond donors (Lipinski definition) is 3. The third-order valence-electron chi connectivity index (χ3n) is 4.15. The molecule has 0 spiro atoms. The van der Waals surface area contributed by atoms with Crippen molar-refractivity contribution in [3.8, 4) is 5.75 Å². The first-order valence-electron chi connectivity index (χ1n) is 8.71. The lowest BCUT2D eigenvalue weighted by Crippen LogP contribution is -2.41. The fraction of sp³-hybridized carbons (Fsp3) is 0.611. The molecule has 3 N–H and O–H groups in total. The van der Waals surface area contributed by atoms with Crippen molar-refractivity contribution in [3.63, 3.8) is 0 Å². The number of rotatable bonds is 7. The summed E-state index contributed by atoms with van der Waals surface area (Å²) in [5, 5.41) is 16.4. The van der Waals surface area contributed by atoms with Crippen molar-refractivity contribution in [1.29, 1.82) is 0 Å². The molecule has 0 radical (unpaired) electrons. The van der Waals surface area contributed by atoms with Gasteiger partial charge in [0.15, 0.2) is 5.96 Å². The lowest BCUT2D eigenvalue weighted by atomic mass is 10.1. The zero-order chi connectivity index (χ0) is 17.4. The molecule has 1 fully saturated rings. The van der Waals surface area contributed by atoms with Gasteiger partial charge in [-0.3, -0.25) is 0 Å². The molecule has 0 heterocycles. The summed E-state index contributed by atoms with van der Waals surface area (Å²) in [6.45, 7) is 5.92. The Labute approximate surface area is 143 Å². The highest BCUT2D eigenvalue weighted by Gasteiger charge is 2.24. The summed E-state index contributed by atoms with van der Waals surface area (Å²) >= 11 is 0. The molecule has 0 bridgehead atoms. The van der Waals surface area contributed by atoms with Crippen LogP contribution in [0.1, 0.15) is 33.1 Å². The van der Waals surface area contributed by atoms with E-state index in [4.69, 9.17) is 4.74 Å². The Morgan fingerprint density at radius 2 is 2.08 bits per heavy atom. The molecule has 1 saturated carbocycles. The Morgan fingerprint density at radius 3 is 2.71 bits per heavy atom. The van der Waals surface area contributed by atoms with E-state index in [0.29, 0.717) is 18.2 Å². The van der Waals surface area contributed by atoms with E-state index < -0.39 is 0 Å². The normalized spacial score (nSPS) is 22.2. The maximum Gasteiger partial charge on any atom is 0.191 e. The smallest absolute Gasteiger partial charge is 0.191 e. The highest BCUT2D eigenvalue weighted by molar-refractivity contribution is 5.79. The molecule has 2 rings (SSSR count). The topological polar surface area (TPSA) is 65.9 Å². The first-order chi connectivity index (χ1) is 11.6. The van der Waals surface area contributed by atoms with Gasteiger partial charge in [-0.2, -0.15) is 0 Å². The van der Waals surface area contributed by atoms with E-state index in [2.05, 4.69) is 15.6 Å². The number of hydrogen-bond acceptors (Lipinski definition) is 3. The summed E-state index contributed by atoms with van der Waals surface area (Å²) in [5.41, 5.74) is 0. The standard InChI is InChI=1S/C18H28FN3O2/c1-3-20-18(22-12-14-5-4-6-17(14)23)21-11-13(2)24-16-9-7-15(19)8-10-16/h7-10,13-14,17,23H,3-6,11-12H2,1-2H3,(H2,20,21,22). The largest absolute Gasteiger partial charge is 0.489 e. The monoisotopic (exact) mass is 337 g/mol. The minimum Gasteiger partial charge on any atom is -0.489 e. The zero-order valence-electron chi connectivity index (χ0n) is 14.5. The van der Waals surface area contributed by atoms with Gasteiger partial charge in [0.05, 0.1) is 12.6 Å². The molecule has 134 valence electrons. The number of benzene rings is 1. The van der Waals surface area contributed by atoms with Gasteiger partial charge in [-0.05, 0) is 51.0 Å². The number of ether oxygens (including phenoxy) is 1. The molecule has 3 atom stereocenters. The van der Waals surface area contributed by atoms with Crippen LogP contribution < -0.4 is 15.4 Å². The maximum atomic E-state index is 12.9. The average Bonchev–Trinajstić information content (AvgIpc) is 2.97. The van der Waals surface area contributed by atoms with Crippen molar-refractivity contribution in [1.82, 2.24) is 10.6 Å². The van der Waals surface area contributed by atoms with Crippen LogP contribution in [0.5, 0.6) is 5.75 Å². The Balaban J connectivity index is 1.81. The molecule has 0 amide bonds. The predicted molar refractivity (Wildman–Crippen MR) is 93.8 cm³/mol. The van der Waals surface area contributed by atoms with E-state index in [9.17, 15) is 9.50 Å². The molecular formula is C18H28FN3O2. The van der Waals surface area contributed by atoms with E-state index in [1.165, 1.54) is 12.1 Å². The fourth-order valence-electron chi connectivity index (χ4n) is 2.83. The summed E-state index contributed by atoms with van der Waals surface area (Å²) < 4.78 is 18.6. The minimum absolute atomic E-state index is 0.122. The highest BCUT2D eigenvalue weighted by atomic mass is 19.1. The first kappa shape index (κ1) is 18.5. The number of aliphatic hydroxyl groups is 1. The van der Waals surface area contributed by atoms with Gasteiger partial charge < -0.3 is 20.5 Å². The quantitative estimate of drug-likeness (QED) is 0.528. The van der Waals surface area contributed by atoms with Crippen LogP contribution >= 0.6 is 0 Å². The van der Waals surface area contributed by atoms with Crippen LogP contribution in [0, 0.1) is 11.7 Å². The summed E-state index contributed by atoms with van der Waals surface area (Å²) in [7, 11) is 0. The van der Waals surface area contributed by atoms with E-state index in [0.717, 1.165) is 38.3 Å². The lowest BCUT2D eigenvalue weighted by molar-refractivity contribution is 0.134. The number of guanidine groups is 1. The molecule has 0 aromatic heterocycles. The molecule has 6 heteroatoms. The molecule has 1 aromatic carbocycles. The fourth-order valence-corrected chi connectivity index (χ4v) is 2.83. The summed E-state index contributed by atoms with van der Waals surface area (Å²) in [4.78, 5) is 4.53. The predicted octanol–water partition coefficient (Wildman–Crippen LogP) is 2.31. The van der Waals surface area contributed by atoms with Gasteiger partial charge in [-0.25, -0.2) is 9.38 Å². The molecule has 1 aliphatic rings. The molecule has 1 aliphatic carbocycles. The Hall–Kier alpha value is -1.82. The number of halogens is 1. The summed E-state index contributed by atoms with van der Waals surface area (Å²) in [5.74, 6) is 1.37. The number of aliphatic hydroxyl groups excluding tert-OH is 1. The van der Waals surface area contributed by atoms with Gasteiger partial charge in [0, 0.05) is 19.0 Å². The third kappa shape index (κ3) is 6.00. The SMILES string of the molecule is CCNC(=NCC(C)Oc1ccc(F)cc1)NCC1CCCC1O. The maximum absolute atomic E-state index is 12.9. The van der Waals surface area contributed by atoms with E-state index in [1.54, 1.807) is 12.1 Å². The van der Waals surface area contributed by atoms with Crippen molar-refractivity contribution < 1.29 is 14.2 Å². The Kier molecular flexibility index (Phi) is 7.31. The van der Waals surface area contributed by atoms with Gasteiger partial charge >= 0.3 is 0 Å². The first-order valence-corrected chi connectivity index (χ1v) is 8.71. The second kappa shape index (κ2) is 9.47. The molecule has 5 nitrogen and oxygen atoms in total. The molecule has 24 heavy (non-hydrogen) atoms. The number of aliphatic imine (C=N–C) groups is 1. The Morgan fingerprint density at radius 1 is 1.33 bits per heavy atom. The van der Waals surface area contributed by atoms with Crippen LogP contribution in [0.4, 0.5) is 4.39 Å². The number of nitrogens with one attached hydrogen (secondary N) is 2. The molecular weight excluding hydrogens is 309 g/mol. The Bertz CT molecular complexity index is 522. The van der Waals surface area contributed by atoms with E-state index in [-0.39, 0.29) is 18.0 Å². The van der Waals surface area contributed by atoms with Gasteiger partial charge in [0.1, 0.15) is 17.7 Å². The van der Waals surface area contributed by atoms with Crippen LogP contribution in [0.25, 0.3) is 0 Å². The summed E-state index contributed by atoms with van der Waals surface area (Å²) in [6, 6.07) is 5.98. The zero-order valence-corrected chi connectivity index (χ0v) is 14.5. The second-order valence-corrected chi connectivity index (χ2v) is 6.24. The molecule has 0 saturated heterocycles. The van der Waals surface area contributed by atoms with Gasteiger partial charge in [0.2, 0.25) is 0 Å². The lowest BCUT2D eigenvalue weighted by Gasteiger charge is -2.18. The van der Waals surface area contributed by atoms with Gasteiger partial charge in [-0.15, -0.1) is 0 Å². The highest BCUT2D eigenvalue weighted by Crippen LogP contribution is 2.24. The van der Waals surface area contributed by atoms with Crippen LogP contribution in [-0.2, 0) is 0 Å². The van der Waals surface area contributed by atoms with Crippen molar-refractivity contribution in [2.45, 2.75) is 45.3 Å². The van der Waals surface area contributed by atoms with Gasteiger partial charge in [0.25, 0.3) is 0 Å². The second-order valence-electron chi connectivity index (χ2n) is 6.24. The summed E-state index contributed by atoms with van der Waals surface area (Å²) in [6.07, 6.45) is 2.70. The average molecular weight is 337 g/mol. The van der Waals surface area contributed by atoms with Crippen molar-refractivity contribution in [2.75, 3.05) is 19.6 Å². The molecule has 3 unspecified atom stereocenters. The number of nitrogens with zero attached hydrogens (tertiary/aromatic N) is 1. The van der Waals surface area contributed by atoms with E-state index in [1.807, 2.05) is 13.8 Å².